The summed E-state index contributed by atoms with van der Waals surface area (Å²) in [6.45, 7) is 0. The van der Waals surface area contributed by atoms with E-state index in [-0.39, 0.29) is 4.90 Å². The van der Waals surface area contributed by atoms with Crippen molar-refractivity contribution < 1.29 is 13.0 Å². The van der Waals surface area contributed by atoms with Crippen LogP contribution in [-0.2, 0) is 10.1 Å². The van der Waals surface area contributed by atoms with Gasteiger partial charge in [0.25, 0.3) is 0 Å². The van der Waals surface area contributed by atoms with E-state index >= 15 is 0 Å². The molecule has 16 heavy (non-hydrogen) atoms. The van der Waals surface area contributed by atoms with Gasteiger partial charge >= 0.3 is 0 Å². The van der Waals surface area contributed by atoms with Gasteiger partial charge in [0.05, 0.1) is 10.4 Å². The van der Waals surface area contributed by atoms with E-state index in [0.717, 1.165) is 4.90 Å². The lowest BCUT2D eigenvalue weighted by Gasteiger charge is -2.11. The molecule has 84 valence electrons. The third-order valence-electron chi connectivity index (χ3n) is 2.18. The molecule has 0 amide bonds. The van der Waals surface area contributed by atoms with Crippen molar-refractivity contribution in [2.75, 3.05) is 6.26 Å². The minimum Gasteiger partial charge on any atom is -0.744 e. The first kappa shape index (κ1) is 11.4. The smallest absolute Gasteiger partial charge is 0.125 e. The minimum absolute atomic E-state index is 0.214. The Hall–Kier alpha value is -1.11. The van der Waals surface area contributed by atoms with Crippen molar-refractivity contribution in [2.45, 2.75) is 9.79 Å². The van der Waals surface area contributed by atoms with E-state index in [1.165, 1.54) is 17.8 Å². The predicted octanol–water partition coefficient (Wildman–Crippen LogP) is 1.86. The Bertz CT molecular complexity index is 638. The van der Waals surface area contributed by atoms with E-state index in [4.69, 9.17) is 0 Å². The quantitative estimate of drug-likeness (QED) is 0.604. The fourth-order valence-corrected chi connectivity index (χ4v) is 2.73. The SMILES string of the molecule is CSc1ccc(S(=O)(=O)[O-])c2cccnc12. The van der Waals surface area contributed by atoms with E-state index in [1.54, 1.807) is 24.4 Å². The van der Waals surface area contributed by atoms with Crippen molar-refractivity contribution in [1.82, 2.24) is 4.98 Å². The third kappa shape index (κ3) is 1.91. The Kier molecular flexibility index (Phi) is 2.88. The van der Waals surface area contributed by atoms with Crippen LogP contribution in [0.3, 0.4) is 0 Å². The van der Waals surface area contributed by atoms with Crippen molar-refractivity contribution >= 4 is 32.8 Å². The molecule has 0 atom stereocenters. The standard InChI is InChI=1S/C10H9NO3S2/c1-15-8-4-5-9(16(12,13)14)7-3-2-6-11-10(7)8/h2-6H,1H3,(H,12,13,14)/p-1. The molecule has 2 aromatic rings. The molecule has 0 aliphatic heterocycles. The summed E-state index contributed by atoms with van der Waals surface area (Å²) in [5, 5.41) is 0.379. The Morgan fingerprint density at radius 1 is 1.31 bits per heavy atom. The highest BCUT2D eigenvalue weighted by molar-refractivity contribution is 7.98. The van der Waals surface area contributed by atoms with Gasteiger partial charge in [-0.1, -0.05) is 0 Å². The van der Waals surface area contributed by atoms with Crippen LogP contribution in [0.2, 0.25) is 0 Å². The van der Waals surface area contributed by atoms with Gasteiger partial charge in [-0.25, -0.2) is 8.42 Å². The molecular formula is C10H8NO3S2-. The Morgan fingerprint density at radius 3 is 2.69 bits per heavy atom. The Morgan fingerprint density at radius 2 is 2.06 bits per heavy atom. The lowest BCUT2D eigenvalue weighted by molar-refractivity contribution is 0.464. The first-order valence-corrected chi connectivity index (χ1v) is 7.05. The normalized spacial score (nSPS) is 11.9. The summed E-state index contributed by atoms with van der Waals surface area (Å²) in [5.41, 5.74) is 0.548. The monoisotopic (exact) mass is 254 g/mol. The topological polar surface area (TPSA) is 70.1 Å². The lowest BCUT2D eigenvalue weighted by atomic mass is 10.2. The van der Waals surface area contributed by atoms with Crippen molar-refractivity contribution in [3.05, 3.63) is 30.5 Å². The second-order valence-electron chi connectivity index (χ2n) is 3.12. The molecule has 6 heteroatoms. The van der Waals surface area contributed by atoms with Crippen LogP contribution in [0.25, 0.3) is 10.9 Å². The van der Waals surface area contributed by atoms with Gasteiger partial charge in [-0.05, 0) is 30.5 Å². The molecule has 0 unspecified atom stereocenters. The summed E-state index contributed by atoms with van der Waals surface area (Å²) in [6.07, 6.45) is 3.44. The number of pyridine rings is 1. The maximum absolute atomic E-state index is 11.1. The van der Waals surface area contributed by atoms with Crippen LogP contribution in [0.15, 0.2) is 40.3 Å². The van der Waals surface area contributed by atoms with Gasteiger partial charge < -0.3 is 4.55 Å². The molecule has 0 aliphatic rings. The number of aromatic nitrogens is 1. The van der Waals surface area contributed by atoms with E-state index < -0.39 is 10.1 Å². The van der Waals surface area contributed by atoms with Gasteiger partial charge in [-0.3, -0.25) is 4.98 Å². The summed E-state index contributed by atoms with van der Waals surface area (Å²) in [6, 6.07) is 6.14. The zero-order valence-electron chi connectivity index (χ0n) is 8.38. The molecule has 1 heterocycles. The van der Waals surface area contributed by atoms with Crippen molar-refractivity contribution in [3.8, 4) is 0 Å². The largest absolute Gasteiger partial charge is 0.744 e. The number of benzene rings is 1. The third-order valence-corrected chi connectivity index (χ3v) is 3.85. The molecule has 2 rings (SSSR count). The fraction of sp³-hybridized carbons (Fsp3) is 0.100. The Balaban J connectivity index is 2.91. The summed E-state index contributed by atoms with van der Waals surface area (Å²) >= 11 is 1.46. The van der Waals surface area contributed by atoms with Crippen LogP contribution in [0.5, 0.6) is 0 Å². The molecule has 1 aromatic carbocycles. The van der Waals surface area contributed by atoms with Gasteiger partial charge in [-0.15, -0.1) is 11.8 Å². The van der Waals surface area contributed by atoms with Crippen LogP contribution < -0.4 is 0 Å². The second-order valence-corrected chi connectivity index (χ2v) is 5.32. The lowest BCUT2D eigenvalue weighted by Crippen LogP contribution is -2.00. The van der Waals surface area contributed by atoms with Crippen LogP contribution in [-0.4, -0.2) is 24.2 Å². The summed E-state index contributed by atoms with van der Waals surface area (Å²) in [4.78, 5) is 4.74. The van der Waals surface area contributed by atoms with Gasteiger partial charge in [0.1, 0.15) is 10.1 Å². The first-order valence-electron chi connectivity index (χ1n) is 4.41. The highest BCUT2D eigenvalue weighted by Crippen LogP contribution is 2.29. The van der Waals surface area contributed by atoms with Gasteiger partial charge in [-0.2, -0.15) is 0 Å². The van der Waals surface area contributed by atoms with Gasteiger partial charge in [0.15, 0.2) is 0 Å². The first-order chi connectivity index (χ1) is 7.54. The van der Waals surface area contributed by atoms with Crippen LogP contribution in [0, 0.1) is 0 Å². The number of rotatable bonds is 2. The zero-order chi connectivity index (χ0) is 11.8. The molecule has 0 radical (unpaired) electrons. The van der Waals surface area contributed by atoms with Gasteiger partial charge in [0, 0.05) is 16.5 Å². The molecule has 0 saturated heterocycles. The summed E-state index contributed by atoms with van der Waals surface area (Å²) in [5.74, 6) is 0. The molecule has 0 N–H and O–H groups in total. The molecule has 0 saturated carbocycles. The van der Waals surface area contributed by atoms with Crippen molar-refractivity contribution in [1.29, 1.82) is 0 Å². The van der Waals surface area contributed by atoms with E-state index in [0.29, 0.717) is 10.9 Å². The number of hydrogen-bond donors (Lipinski definition) is 0. The van der Waals surface area contributed by atoms with Gasteiger partial charge in [0.2, 0.25) is 0 Å². The highest BCUT2D eigenvalue weighted by atomic mass is 32.2. The Labute approximate surface area is 97.4 Å². The fourth-order valence-electron chi connectivity index (χ4n) is 1.50. The molecule has 0 bridgehead atoms. The van der Waals surface area contributed by atoms with Crippen LogP contribution in [0.1, 0.15) is 0 Å². The van der Waals surface area contributed by atoms with Crippen molar-refractivity contribution in [3.63, 3.8) is 0 Å². The molecular weight excluding hydrogens is 246 g/mol. The summed E-state index contributed by atoms with van der Waals surface area (Å²) in [7, 11) is -4.45. The average Bonchev–Trinajstić information content (AvgIpc) is 2.26. The van der Waals surface area contributed by atoms with E-state index in [1.807, 2.05) is 6.26 Å². The maximum atomic E-state index is 11.1. The molecule has 0 spiro atoms. The highest BCUT2D eigenvalue weighted by Gasteiger charge is 2.10. The number of fused-ring (bicyclic) bond motifs is 1. The number of nitrogens with zero attached hydrogens (tertiary/aromatic N) is 1. The van der Waals surface area contributed by atoms with Crippen LogP contribution in [0.4, 0.5) is 0 Å². The second kappa shape index (κ2) is 4.04. The minimum atomic E-state index is -4.45. The van der Waals surface area contributed by atoms with E-state index in [9.17, 15) is 13.0 Å². The average molecular weight is 254 g/mol. The molecule has 1 aromatic heterocycles. The molecule has 4 nitrogen and oxygen atoms in total. The van der Waals surface area contributed by atoms with E-state index in [2.05, 4.69) is 4.98 Å². The van der Waals surface area contributed by atoms with Crippen LogP contribution >= 0.6 is 11.8 Å². The number of hydrogen-bond acceptors (Lipinski definition) is 5. The zero-order valence-corrected chi connectivity index (χ0v) is 10.0. The molecule has 0 fully saturated rings. The van der Waals surface area contributed by atoms with Crippen molar-refractivity contribution in [2.24, 2.45) is 0 Å². The molecule has 0 aliphatic carbocycles. The number of thioether (sulfide) groups is 1. The predicted molar refractivity (Wildman–Crippen MR) is 61.5 cm³/mol. The summed E-state index contributed by atoms with van der Waals surface area (Å²) < 4.78 is 33.2. The maximum Gasteiger partial charge on any atom is 0.125 e.